The molecule has 2 nitrogen and oxygen atoms in total. The number of benzene rings is 1. The van der Waals surface area contributed by atoms with Gasteiger partial charge in [-0.05, 0) is 36.5 Å². The van der Waals surface area contributed by atoms with E-state index in [-0.39, 0.29) is 0 Å². The molecule has 2 rings (SSSR count). The first kappa shape index (κ1) is 13.9. The molecule has 1 N–H and O–H groups in total. The topological polar surface area (TPSA) is 24.9 Å². The average molecular weight is 256 g/mol. The molecule has 0 spiro atoms. The Morgan fingerprint density at radius 3 is 2.63 bits per heavy atom. The highest BCUT2D eigenvalue weighted by atomic mass is 15.0. The number of hydrogen-bond donors (Lipinski definition) is 1. The summed E-state index contributed by atoms with van der Waals surface area (Å²) in [6, 6.07) is 8.80. The maximum absolute atomic E-state index is 4.89. The molecule has 0 atom stereocenters. The fraction of sp³-hybridized carbons (Fsp3) is 0.471. The van der Waals surface area contributed by atoms with Crippen LogP contribution in [0, 0.1) is 0 Å². The molecule has 0 bridgehead atoms. The molecule has 19 heavy (non-hydrogen) atoms. The SMILES string of the molecule is CCCc1cc2cccc(C(C)C)c2nc1NCC. The van der Waals surface area contributed by atoms with E-state index >= 15 is 0 Å². The van der Waals surface area contributed by atoms with Gasteiger partial charge in [0.1, 0.15) is 5.82 Å². The highest BCUT2D eigenvalue weighted by Gasteiger charge is 2.10. The van der Waals surface area contributed by atoms with E-state index in [1.807, 2.05) is 0 Å². The summed E-state index contributed by atoms with van der Waals surface area (Å²) in [6.45, 7) is 9.70. The standard InChI is InChI=1S/C17H24N2/c1-5-8-14-11-13-9-7-10-15(12(3)4)16(13)19-17(14)18-6-2/h7,9-12H,5-6,8H2,1-4H3,(H,18,19). The number of anilines is 1. The lowest BCUT2D eigenvalue weighted by atomic mass is 9.98. The van der Waals surface area contributed by atoms with Gasteiger partial charge in [0, 0.05) is 11.9 Å². The molecule has 0 fully saturated rings. The van der Waals surface area contributed by atoms with E-state index in [4.69, 9.17) is 4.98 Å². The summed E-state index contributed by atoms with van der Waals surface area (Å²) < 4.78 is 0. The number of pyridine rings is 1. The highest BCUT2D eigenvalue weighted by Crippen LogP contribution is 2.28. The van der Waals surface area contributed by atoms with Crippen molar-refractivity contribution in [1.29, 1.82) is 0 Å². The third-order valence-electron chi connectivity index (χ3n) is 3.44. The predicted octanol–water partition coefficient (Wildman–Crippen LogP) is 4.74. The molecule has 0 aliphatic rings. The number of aryl methyl sites for hydroxylation is 1. The molecular weight excluding hydrogens is 232 g/mol. The Kier molecular flexibility index (Phi) is 4.41. The summed E-state index contributed by atoms with van der Waals surface area (Å²) >= 11 is 0. The van der Waals surface area contributed by atoms with Gasteiger partial charge in [-0.3, -0.25) is 0 Å². The summed E-state index contributed by atoms with van der Waals surface area (Å²) in [5, 5.41) is 4.67. The second kappa shape index (κ2) is 6.05. The molecule has 1 aromatic carbocycles. The molecule has 0 radical (unpaired) electrons. The zero-order valence-corrected chi connectivity index (χ0v) is 12.5. The molecule has 0 unspecified atom stereocenters. The lowest BCUT2D eigenvalue weighted by Crippen LogP contribution is -2.05. The van der Waals surface area contributed by atoms with Crippen molar-refractivity contribution in [3.8, 4) is 0 Å². The number of nitrogens with one attached hydrogen (secondary N) is 1. The summed E-state index contributed by atoms with van der Waals surface area (Å²) in [4.78, 5) is 4.89. The third-order valence-corrected chi connectivity index (χ3v) is 3.44. The van der Waals surface area contributed by atoms with Crippen LogP contribution in [0.4, 0.5) is 5.82 Å². The van der Waals surface area contributed by atoms with Crippen molar-refractivity contribution in [2.45, 2.75) is 46.5 Å². The van der Waals surface area contributed by atoms with Crippen LogP contribution in [0.3, 0.4) is 0 Å². The Morgan fingerprint density at radius 2 is 2.00 bits per heavy atom. The number of para-hydroxylation sites is 1. The van der Waals surface area contributed by atoms with E-state index in [2.05, 4.69) is 57.3 Å². The third kappa shape index (κ3) is 2.89. The summed E-state index contributed by atoms with van der Waals surface area (Å²) in [5.74, 6) is 1.56. The van der Waals surface area contributed by atoms with Crippen molar-refractivity contribution in [2.24, 2.45) is 0 Å². The van der Waals surface area contributed by atoms with Crippen molar-refractivity contribution < 1.29 is 0 Å². The summed E-state index contributed by atoms with van der Waals surface area (Å²) in [7, 11) is 0. The number of rotatable bonds is 5. The van der Waals surface area contributed by atoms with E-state index in [0.717, 1.165) is 30.7 Å². The molecule has 0 aliphatic heterocycles. The van der Waals surface area contributed by atoms with Gasteiger partial charge < -0.3 is 5.32 Å². The quantitative estimate of drug-likeness (QED) is 0.835. The average Bonchev–Trinajstić information content (AvgIpc) is 2.39. The molecule has 1 heterocycles. The van der Waals surface area contributed by atoms with E-state index in [9.17, 15) is 0 Å². The Balaban J connectivity index is 2.62. The molecule has 0 saturated carbocycles. The number of nitrogens with zero attached hydrogens (tertiary/aromatic N) is 1. The number of aromatic nitrogens is 1. The van der Waals surface area contributed by atoms with Gasteiger partial charge in [0.05, 0.1) is 5.52 Å². The molecule has 0 saturated heterocycles. The van der Waals surface area contributed by atoms with Gasteiger partial charge in [0.15, 0.2) is 0 Å². The fourth-order valence-corrected chi connectivity index (χ4v) is 2.51. The van der Waals surface area contributed by atoms with Crippen LogP contribution in [0.5, 0.6) is 0 Å². The summed E-state index contributed by atoms with van der Waals surface area (Å²) in [6.07, 6.45) is 2.23. The lowest BCUT2D eigenvalue weighted by molar-refractivity contribution is 0.871. The van der Waals surface area contributed by atoms with Crippen molar-refractivity contribution in [1.82, 2.24) is 4.98 Å². The van der Waals surface area contributed by atoms with Gasteiger partial charge in [-0.15, -0.1) is 0 Å². The molecule has 1 aromatic heterocycles. The largest absolute Gasteiger partial charge is 0.370 e. The zero-order valence-electron chi connectivity index (χ0n) is 12.5. The van der Waals surface area contributed by atoms with Gasteiger partial charge in [-0.25, -0.2) is 4.98 Å². The van der Waals surface area contributed by atoms with E-state index in [0.29, 0.717) is 5.92 Å². The van der Waals surface area contributed by atoms with Crippen LogP contribution in [-0.2, 0) is 6.42 Å². The van der Waals surface area contributed by atoms with Crippen molar-refractivity contribution in [2.75, 3.05) is 11.9 Å². The van der Waals surface area contributed by atoms with Crippen molar-refractivity contribution in [3.63, 3.8) is 0 Å². The van der Waals surface area contributed by atoms with Crippen LogP contribution in [0.25, 0.3) is 10.9 Å². The Bertz CT molecular complexity index is 558. The summed E-state index contributed by atoms with van der Waals surface area (Å²) in [5.41, 5.74) is 3.81. The number of hydrogen-bond acceptors (Lipinski definition) is 2. The molecule has 2 heteroatoms. The fourth-order valence-electron chi connectivity index (χ4n) is 2.51. The van der Waals surface area contributed by atoms with Crippen LogP contribution in [-0.4, -0.2) is 11.5 Å². The first-order valence-corrected chi connectivity index (χ1v) is 7.33. The predicted molar refractivity (Wildman–Crippen MR) is 84.0 cm³/mol. The second-order valence-electron chi connectivity index (χ2n) is 5.35. The van der Waals surface area contributed by atoms with Gasteiger partial charge >= 0.3 is 0 Å². The normalized spacial score (nSPS) is 11.2. The van der Waals surface area contributed by atoms with Gasteiger partial charge in [0.2, 0.25) is 0 Å². The Hall–Kier alpha value is -1.57. The maximum Gasteiger partial charge on any atom is 0.129 e. The first-order chi connectivity index (χ1) is 9.17. The van der Waals surface area contributed by atoms with E-state index < -0.39 is 0 Å². The molecule has 2 aromatic rings. The monoisotopic (exact) mass is 256 g/mol. The minimum Gasteiger partial charge on any atom is -0.370 e. The first-order valence-electron chi connectivity index (χ1n) is 7.33. The number of fused-ring (bicyclic) bond motifs is 1. The van der Waals surface area contributed by atoms with Crippen LogP contribution in [0.15, 0.2) is 24.3 Å². The lowest BCUT2D eigenvalue weighted by Gasteiger charge is -2.14. The van der Waals surface area contributed by atoms with E-state index in [1.165, 1.54) is 16.5 Å². The van der Waals surface area contributed by atoms with Crippen molar-refractivity contribution >= 4 is 16.7 Å². The van der Waals surface area contributed by atoms with Crippen molar-refractivity contribution in [3.05, 3.63) is 35.4 Å². The van der Waals surface area contributed by atoms with Crippen LogP contribution < -0.4 is 5.32 Å². The maximum atomic E-state index is 4.89. The van der Waals surface area contributed by atoms with E-state index in [1.54, 1.807) is 0 Å². The Labute approximate surface area is 116 Å². The van der Waals surface area contributed by atoms with Crippen LogP contribution in [0.1, 0.15) is 51.2 Å². The van der Waals surface area contributed by atoms with Gasteiger partial charge in [-0.1, -0.05) is 45.4 Å². The molecule has 102 valence electrons. The minimum atomic E-state index is 0.503. The van der Waals surface area contributed by atoms with Crippen LogP contribution in [0.2, 0.25) is 0 Å². The zero-order chi connectivity index (χ0) is 13.8. The second-order valence-corrected chi connectivity index (χ2v) is 5.35. The minimum absolute atomic E-state index is 0.503. The highest BCUT2D eigenvalue weighted by molar-refractivity contribution is 5.85. The molecule has 0 aliphatic carbocycles. The van der Waals surface area contributed by atoms with Gasteiger partial charge in [0.25, 0.3) is 0 Å². The molecular formula is C17H24N2. The smallest absolute Gasteiger partial charge is 0.129 e. The van der Waals surface area contributed by atoms with Crippen LogP contribution >= 0.6 is 0 Å². The van der Waals surface area contributed by atoms with Gasteiger partial charge in [-0.2, -0.15) is 0 Å². The molecule has 0 amide bonds. The Morgan fingerprint density at radius 1 is 1.21 bits per heavy atom.